The van der Waals surface area contributed by atoms with Crippen LogP contribution in [0.3, 0.4) is 0 Å². The molecule has 0 saturated heterocycles. The standard InChI is InChI=1S/C12H16N4O3S/c1-4-12(3,10(18)19)13-6-8-15-16-9(17)5-7(2)14-11(16)20-8/h5,13H,4,6H2,1-3H3,(H,18,19). The van der Waals surface area contributed by atoms with Crippen molar-refractivity contribution >= 4 is 22.3 Å². The van der Waals surface area contributed by atoms with Crippen LogP contribution in [0.15, 0.2) is 10.9 Å². The van der Waals surface area contributed by atoms with Gasteiger partial charge in [-0.2, -0.15) is 9.61 Å². The highest BCUT2D eigenvalue weighted by Crippen LogP contribution is 2.14. The van der Waals surface area contributed by atoms with Crippen molar-refractivity contribution in [2.75, 3.05) is 0 Å². The van der Waals surface area contributed by atoms with E-state index in [1.807, 2.05) is 0 Å². The van der Waals surface area contributed by atoms with Gasteiger partial charge in [0.1, 0.15) is 10.5 Å². The molecule has 0 radical (unpaired) electrons. The Bertz CT molecular complexity index is 708. The zero-order valence-corrected chi connectivity index (χ0v) is 12.3. The Balaban J connectivity index is 2.25. The Kier molecular flexibility index (Phi) is 3.87. The predicted octanol–water partition coefficient (Wildman–Crippen LogP) is 0.802. The molecule has 2 N–H and O–H groups in total. The van der Waals surface area contributed by atoms with Gasteiger partial charge in [0, 0.05) is 11.8 Å². The maximum Gasteiger partial charge on any atom is 0.323 e. The minimum Gasteiger partial charge on any atom is -0.480 e. The van der Waals surface area contributed by atoms with Gasteiger partial charge in [0.15, 0.2) is 0 Å². The van der Waals surface area contributed by atoms with E-state index in [-0.39, 0.29) is 12.1 Å². The fraction of sp³-hybridized carbons (Fsp3) is 0.500. The number of carboxylic acid groups (broad SMARTS) is 1. The largest absolute Gasteiger partial charge is 0.480 e. The van der Waals surface area contributed by atoms with Crippen molar-refractivity contribution in [3.8, 4) is 0 Å². The molecular formula is C12H16N4O3S. The quantitative estimate of drug-likeness (QED) is 0.847. The minimum atomic E-state index is -1.01. The first-order valence-corrected chi connectivity index (χ1v) is 7.02. The van der Waals surface area contributed by atoms with Crippen molar-refractivity contribution in [1.82, 2.24) is 19.9 Å². The van der Waals surface area contributed by atoms with Crippen molar-refractivity contribution in [2.45, 2.75) is 39.3 Å². The first kappa shape index (κ1) is 14.6. The van der Waals surface area contributed by atoms with Gasteiger partial charge in [-0.25, -0.2) is 4.98 Å². The summed E-state index contributed by atoms with van der Waals surface area (Å²) in [5.41, 5.74) is -0.597. The molecule has 0 aliphatic heterocycles. The topological polar surface area (TPSA) is 96.6 Å². The number of aryl methyl sites for hydroxylation is 1. The fourth-order valence-electron chi connectivity index (χ4n) is 1.65. The Labute approximate surface area is 119 Å². The number of nitrogens with one attached hydrogen (secondary N) is 1. The molecule has 0 saturated carbocycles. The van der Waals surface area contributed by atoms with Crippen LogP contribution in [0.4, 0.5) is 0 Å². The highest BCUT2D eigenvalue weighted by molar-refractivity contribution is 7.16. The van der Waals surface area contributed by atoms with E-state index < -0.39 is 11.5 Å². The van der Waals surface area contributed by atoms with Crippen LogP contribution in [0.25, 0.3) is 4.96 Å². The number of hydrogen-bond acceptors (Lipinski definition) is 6. The fourth-order valence-corrected chi connectivity index (χ4v) is 2.54. The van der Waals surface area contributed by atoms with E-state index in [0.717, 1.165) is 0 Å². The lowest BCUT2D eigenvalue weighted by Crippen LogP contribution is -2.48. The van der Waals surface area contributed by atoms with E-state index in [1.165, 1.54) is 21.9 Å². The Morgan fingerprint density at radius 1 is 1.60 bits per heavy atom. The van der Waals surface area contributed by atoms with E-state index in [9.17, 15) is 14.7 Å². The van der Waals surface area contributed by atoms with E-state index in [4.69, 9.17) is 0 Å². The number of aliphatic carboxylic acids is 1. The first-order valence-electron chi connectivity index (χ1n) is 6.20. The molecular weight excluding hydrogens is 280 g/mol. The SMILES string of the molecule is CCC(C)(NCc1nn2c(=O)cc(C)nc2s1)C(=O)O. The number of rotatable bonds is 5. The molecule has 0 aliphatic carbocycles. The monoisotopic (exact) mass is 296 g/mol. The average molecular weight is 296 g/mol. The Hall–Kier alpha value is -1.80. The molecule has 0 aromatic carbocycles. The second-order valence-electron chi connectivity index (χ2n) is 4.77. The lowest BCUT2D eigenvalue weighted by atomic mass is 9.99. The Morgan fingerprint density at radius 2 is 2.30 bits per heavy atom. The molecule has 0 spiro atoms. The number of fused-ring (bicyclic) bond motifs is 1. The summed E-state index contributed by atoms with van der Waals surface area (Å²) in [5.74, 6) is -0.910. The number of aromatic nitrogens is 3. The van der Waals surface area contributed by atoms with Gasteiger partial charge in [-0.1, -0.05) is 18.3 Å². The average Bonchev–Trinajstić information content (AvgIpc) is 2.79. The number of hydrogen-bond donors (Lipinski definition) is 2. The molecule has 108 valence electrons. The molecule has 0 amide bonds. The molecule has 2 rings (SSSR count). The van der Waals surface area contributed by atoms with Crippen LogP contribution in [0, 0.1) is 6.92 Å². The van der Waals surface area contributed by atoms with Crippen molar-refractivity contribution in [2.24, 2.45) is 0 Å². The summed E-state index contributed by atoms with van der Waals surface area (Å²) in [6.07, 6.45) is 0.449. The van der Waals surface area contributed by atoms with Gasteiger partial charge in [0.2, 0.25) is 4.96 Å². The van der Waals surface area contributed by atoms with Crippen molar-refractivity contribution in [3.05, 3.63) is 27.1 Å². The number of nitrogens with zero attached hydrogens (tertiary/aromatic N) is 3. The second kappa shape index (κ2) is 5.29. The molecule has 8 heteroatoms. The highest BCUT2D eigenvalue weighted by Gasteiger charge is 2.30. The lowest BCUT2D eigenvalue weighted by molar-refractivity contribution is -0.144. The van der Waals surface area contributed by atoms with E-state index in [0.29, 0.717) is 22.1 Å². The van der Waals surface area contributed by atoms with Crippen LogP contribution >= 0.6 is 11.3 Å². The van der Waals surface area contributed by atoms with Crippen LogP contribution in [-0.4, -0.2) is 31.2 Å². The summed E-state index contributed by atoms with van der Waals surface area (Å²) in [6, 6.07) is 1.41. The van der Waals surface area contributed by atoms with Crippen molar-refractivity contribution in [3.63, 3.8) is 0 Å². The summed E-state index contributed by atoms with van der Waals surface area (Å²) in [6.45, 7) is 5.45. The normalized spacial score (nSPS) is 14.3. The molecule has 2 heterocycles. The molecule has 2 aromatic heterocycles. The Morgan fingerprint density at radius 3 is 2.90 bits per heavy atom. The number of carboxylic acids is 1. The van der Waals surface area contributed by atoms with Crippen LogP contribution in [0.2, 0.25) is 0 Å². The van der Waals surface area contributed by atoms with E-state index in [2.05, 4.69) is 15.4 Å². The molecule has 0 bridgehead atoms. The van der Waals surface area contributed by atoms with Crippen LogP contribution in [0.1, 0.15) is 31.0 Å². The molecule has 0 aliphatic rings. The molecule has 0 fully saturated rings. The molecule has 20 heavy (non-hydrogen) atoms. The molecule has 1 unspecified atom stereocenters. The molecule has 1 atom stereocenters. The first-order chi connectivity index (χ1) is 9.35. The summed E-state index contributed by atoms with van der Waals surface area (Å²) >= 11 is 1.27. The minimum absolute atomic E-state index is 0.230. The maximum absolute atomic E-state index is 11.7. The van der Waals surface area contributed by atoms with Gasteiger partial charge in [-0.15, -0.1) is 0 Å². The van der Waals surface area contributed by atoms with Crippen LogP contribution in [0.5, 0.6) is 0 Å². The van der Waals surface area contributed by atoms with Gasteiger partial charge in [-0.3, -0.25) is 14.9 Å². The zero-order valence-electron chi connectivity index (χ0n) is 11.5. The van der Waals surface area contributed by atoms with E-state index in [1.54, 1.807) is 20.8 Å². The lowest BCUT2D eigenvalue weighted by Gasteiger charge is -2.23. The van der Waals surface area contributed by atoms with Gasteiger partial charge in [0.05, 0.1) is 6.54 Å². The summed E-state index contributed by atoms with van der Waals surface area (Å²) in [4.78, 5) is 27.7. The zero-order chi connectivity index (χ0) is 14.9. The predicted molar refractivity (Wildman–Crippen MR) is 75.0 cm³/mol. The summed E-state index contributed by atoms with van der Waals surface area (Å²) in [5, 5.41) is 16.9. The molecule has 7 nitrogen and oxygen atoms in total. The third kappa shape index (κ3) is 2.70. The number of carbonyl (C=O) groups is 1. The smallest absolute Gasteiger partial charge is 0.323 e. The van der Waals surface area contributed by atoms with Gasteiger partial charge in [0.25, 0.3) is 5.56 Å². The van der Waals surface area contributed by atoms with Gasteiger partial charge in [-0.05, 0) is 20.3 Å². The van der Waals surface area contributed by atoms with E-state index >= 15 is 0 Å². The summed E-state index contributed by atoms with van der Waals surface area (Å²) in [7, 11) is 0. The van der Waals surface area contributed by atoms with Crippen molar-refractivity contribution in [1.29, 1.82) is 0 Å². The van der Waals surface area contributed by atoms with Crippen LogP contribution < -0.4 is 10.9 Å². The third-order valence-corrected chi connectivity index (χ3v) is 4.13. The third-order valence-electron chi connectivity index (χ3n) is 3.22. The van der Waals surface area contributed by atoms with Crippen LogP contribution in [-0.2, 0) is 11.3 Å². The van der Waals surface area contributed by atoms with Gasteiger partial charge >= 0.3 is 5.97 Å². The van der Waals surface area contributed by atoms with Gasteiger partial charge < -0.3 is 5.11 Å². The van der Waals surface area contributed by atoms with Crippen molar-refractivity contribution < 1.29 is 9.90 Å². The molecule has 2 aromatic rings. The summed E-state index contributed by atoms with van der Waals surface area (Å²) < 4.78 is 1.23. The highest BCUT2D eigenvalue weighted by atomic mass is 32.1. The maximum atomic E-state index is 11.7. The second-order valence-corrected chi connectivity index (χ2v) is 5.81.